The minimum Gasteiger partial charge on any atom is -0.493 e. The number of hydrazone groups is 1. The molecule has 1 atom stereocenters. The molecule has 2 N–H and O–H groups in total. The molecular formula is C28H27N5O4S. The number of rotatable bonds is 10. The minimum absolute atomic E-state index is 0.0249. The van der Waals surface area contributed by atoms with E-state index in [0.29, 0.717) is 27.2 Å². The number of aromatic nitrogens is 2. The fourth-order valence-electron chi connectivity index (χ4n) is 3.45. The summed E-state index contributed by atoms with van der Waals surface area (Å²) in [5.74, 6) is 0.504. The SMILES string of the molecule is COc1cc(/C=N\NC(=O)Cc2nnc(NC(=O)c3ccc(C)cc3)s2)ccc1O[C@@H](C)c1ccccc1. The molecule has 0 radical (unpaired) electrons. The Kier molecular flexibility index (Phi) is 8.78. The molecule has 1 aromatic heterocycles. The molecule has 4 aromatic rings. The summed E-state index contributed by atoms with van der Waals surface area (Å²) >= 11 is 1.13. The van der Waals surface area contributed by atoms with Crippen molar-refractivity contribution in [2.24, 2.45) is 5.10 Å². The van der Waals surface area contributed by atoms with E-state index in [1.54, 1.807) is 31.4 Å². The standard InChI is InChI=1S/C28H27N5O4S/c1-18-9-12-22(13-10-18)27(35)30-28-33-32-26(38-28)16-25(34)31-29-17-20-11-14-23(24(15-20)36-3)37-19(2)21-7-5-4-6-8-21/h4-15,17,19H,16H2,1-3H3,(H,31,34)(H,30,33,35)/b29-17-/t19-/m0/s1. The van der Waals surface area contributed by atoms with Gasteiger partial charge in [0.25, 0.3) is 5.91 Å². The van der Waals surface area contributed by atoms with Gasteiger partial charge in [0.1, 0.15) is 11.1 Å². The van der Waals surface area contributed by atoms with Gasteiger partial charge in [-0.25, -0.2) is 5.43 Å². The largest absolute Gasteiger partial charge is 0.493 e. The number of hydrogen-bond donors (Lipinski definition) is 2. The Labute approximate surface area is 224 Å². The Bertz CT molecular complexity index is 1420. The lowest BCUT2D eigenvalue weighted by molar-refractivity contribution is -0.120. The van der Waals surface area contributed by atoms with Gasteiger partial charge in [-0.15, -0.1) is 10.2 Å². The predicted octanol–water partition coefficient (Wildman–Crippen LogP) is 4.94. The molecule has 0 saturated heterocycles. The molecule has 0 aliphatic heterocycles. The molecule has 38 heavy (non-hydrogen) atoms. The molecule has 0 unspecified atom stereocenters. The average molecular weight is 530 g/mol. The van der Waals surface area contributed by atoms with Crippen molar-refractivity contribution in [3.63, 3.8) is 0 Å². The van der Waals surface area contributed by atoms with Crippen LogP contribution in [0.15, 0.2) is 77.9 Å². The van der Waals surface area contributed by atoms with Gasteiger partial charge in [0.15, 0.2) is 11.5 Å². The van der Waals surface area contributed by atoms with Gasteiger partial charge in [-0.3, -0.25) is 14.9 Å². The normalized spacial score (nSPS) is 11.7. The first-order valence-corrected chi connectivity index (χ1v) is 12.6. The van der Waals surface area contributed by atoms with Crippen molar-refractivity contribution in [2.75, 3.05) is 12.4 Å². The summed E-state index contributed by atoms with van der Waals surface area (Å²) in [4.78, 5) is 24.6. The lowest BCUT2D eigenvalue weighted by atomic mass is 10.1. The molecule has 0 bridgehead atoms. The van der Waals surface area contributed by atoms with E-state index in [-0.39, 0.29) is 24.3 Å². The maximum Gasteiger partial charge on any atom is 0.257 e. The van der Waals surface area contributed by atoms with Crippen LogP contribution in [-0.4, -0.2) is 35.3 Å². The van der Waals surface area contributed by atoms with E-state index in [2.05, 4.69) is 26.0 Å². The Hall–Kier alpha value is -4.57. The van der Waals surface area contributed by atoms with E-state index in [1.807, 2.05) is 62.4 Å². The summed E-state index contributed by atoms with van der Waals surface area (Å²) in [6.07, 6.45) is 1.34. The van der Waals surface area contributed by atoms with E-state index in [9.17, 15) is 9.59 Å². The summed E-state index contributed by atoms with van der Waals surface area (Å²) < 4.78 is 11.5. The Morgan fingerprint density at radius 3 is 2.53 bits per heavy atom. The number of anilines is 1. The fraction of sp³-hybridized carbons (Fsp3) is 0.179. The topological polar surface area (TPSA) is 115 Å². The maximum atomic E-state index is 12.3. The van der Waals surface area contributed by atoms with E-state index in [0.717, 1.165) is 28.0 Å². The number of nitrogens with zero attached hydrogens (tertiary/aromatic N) is 3. The molecule has 4 rings (SSSR count). The molecule has 0 spiro atoms. The van der Waals surface area contributed by atoms with Gasteiger partial charge in [-0.1, -0.05) is 59.4 Å². The van der Waals surface area contributed by atoms with Gasteiger partial charge in [0.05, 0.1) is 19.7 Å². The van der Waals surface area contributed by atoms with Gasteiger partial charge < -0.3 is 9.47 Å². The number of aryl methyl sites for hydroxylation is 1. The van der Waals surface area contributed by atoms with Crippen LogP contribution in [0.4, 0.5) is 5.13 Å². The monoisotopic (exact) mass is 529 g/mol. The Morgan fingerprint density at radius 2 is 1.79 bits per heavy atom. The lowest BCUT2D eigenvalue weighted by Crippen LogP contribution is -2.19. The first kappa shape index (κ1) is 26.5. The highest BCUT2D eigenvalue weighted by molar-refractivity contribution is 7.15. The summed E-state index contributed by atoms with van der Waals surface area (Å²) in [6, 6.07) is 22.5. The second-order valence-corrected chi connectivity index (χ2v) is 9.43. The number of benzene rings is 3. The lowest BCUT2D eigenvalue weighted by Gasteiger charge is -2.17. The highest BCUT2D eigenvalue weighted by Gasteiger charge is 2.13. The van der Waals surface area contributed by atoms with E-state index in [4.69, 9.17) is 9.47 Å². The third-order valence-corrected chi connectivity index (χ3v) is 6.31. The Morgan fingerprint density at radius 1 is 1.03 bits per heavy atom. The van der Waals surface area contributed by atoms with Crippen LogP contribution in [0.25, 0.3) is 0 Å². The first-order chi connectivity index (χ1) is 18.4. The second kappa shape index (κ2) is 12.6. The third-order valence-electron chi connectivity index (χ3n) is 5.48. The highest BCUT2D eigenvalue weighted by Crippen LogP contribution is 2.31. The highest BCUT2D eigenvalue weighted by atomic mass is 32.1. The average Bonchev–Trinajstić information content (AvgIpc) is 3.36. The summed E-state index contributed by atoms with van der Waals surface area (Å²) in [5, 5.41) is 15.4. The zero-order valence-electron chi connectivity index (χ0n) is 21.2. The molecule has 3 aromatic carbocycles. The molecular weight excluding hydrogens is 502 g/mol. The van der Waals surface area contributed by atoms with Crippen molar-refractivity contribution in [2.45, 2.75) is 26.4 Å². The number of carbonyl (C=O) groups excluding carboxylic acids is 2. The van der Waals surface area contributed by atoms with E-state index < -0.39 is 0 Å². The Balaban J connectivity index is 1.29. The molecule has 0 aliphatic carbocycles. The number of ether oxygens (including phenoxy) is 2. The van der Waals surface area contributed by atoms with E-state index in [1.165, 1.54) is 6.21 Å². The molecule has 194 valence electrons. The number of methoxy groups -OCH3 is 1. The van der Waals surface area contributed by atoms with E-state index >= 15 is 0 Å². The minimum atomic E-state index is -0.364. The zero-order chi connectivity index (χ0) is 26.9. The van der Waals surface area contributed by atoms with Gasteiger partial charge in [-0.2, -0.15) is 5.10 Å². The molecule has 1 heterocycles. The van der Waals surface area contributed by atoms with Crippen molar-refractivity contribution in [1.29, 1.82) is 0 Å². The van der Waals surface area contributed by atoms with Crippen LogP contribution >= 0.6 is 11.3 Å². The molecule has 10 heteroatoms. The quantitative estimate of drug-likeness (QED) is 0.222. The smallest absolute Gasteiger partial charge is 0.257 e. The van der Waals surface area contributed by atoms with Crippen LogP contribution in [0.5, 0.6) is 11.5 Å². The van der Waals surface area contributed by atoms with Crippen LogP contribution < -0.4 is 20.2 Å². The van der Waals surface area contributed by atoms with Crippen LogP contribution in [0.2, 0.25) is 0 Å². The number of amides is 2. The van der Waals surface area contributed by atoms with Gasteiger partial charge >= 0.3 is 0 Å². The molecule has 9 nitrogen and oxygen atoms in total. The van der Waals surface area contributed by atoms with Crippen molar-refractivity contribution in [3.05, 3.63) is 100 Å². The van der Waals surface area contributed by atoms with Crippen molar-refractivity contribution in [1.82, 2.24) is 15.6 Å². The van der Waals surface area contributed by atoms with Crippen LogP contribution in [-0.2, 0) is 11.2 Å². The predicted molar refractivity (Wildman–Crippen MR) is 147 cm³/mol. The molecule has 0 fully saturated rings. The van der Waals surface area contributed by atoms with Crippen molar-refractivity contribution >= 4 is 34.5 Å². The van der Waals surface area contributed by atoms with Gasteiger partial charge in [0.2, 0.25) is 11.0 Å². The van der Waals surface area contributed by atoms with Crippen molar-refractivity contribution < 1.29 is 19.1 Å². The van der Waals surface area contributed by atoms with Gasteiger partial charge in [0, 0.05) is 5.56 Å². The fourth-order valence-corrected chi connectivity index (χ4v) is 4.18. The summed E-state index contributed by atoms with van der Waals surface area (Å²) in [7, 11) is 1.57. The number of carbonyl (C=O) groups is 2. The third kappa shape index (κ3) is 7.23. The number of hydrogen-bond acceptors (Lipinski definition) is 8. The maximum absolute atomic E-state index is 12.3. The summed E-state index contributed by atoms with van der Waals surface area (Å²) in [6.45, 7) is 3.92. The van der Waals surface area contributed by atoms with Gasteiger partial charge in [-0.05, 0) is 55.3 Å². The molecule has 2 amide bonds. The first-order valence-electron chi connectivity index (χ1n) is 11.8. The molecule has 0 aliphatic rings. The van der Waals surface area contributed by atoms with Crippen LogP contribution in [0.1, 0.15) is 45.1 Å². The second-order valence-electron chi connectivity index (χ2n) is 8.37. The van der Waals surface area contributed by atoms with Crippen LogP contribution in [0.3, 0.4) is 0 Å². The summed E-state index contributed by atoms with van der Waals surface area (Å²) in [5.41, 5.74) is 5.83. The van der Waals surface area contributed by atoms with Crippen molar-refractivity contribution in [3.8, 4) is 11.5 Å². The zero-order valence-corrected chi connectivity index (χ0v) is 22.0. The van der Waals surface area contributed by atoms with Crippen LogP contribution in [0, 0.1) is 6.92 Å². The number of nitrogens with one attached hydrogen (secondary N) is 2. The molecule has 0 saturated carbocycles.